The number of carbonyl (C=O) groups excluding carboxylic acids is 1. The Morgan fingerprint density at radius 1 is 1.50 bits per heavy atom. The molecule has 1 heterocycles. The van der Waals surface area contributed by atoms with Crippen LogP contribution in [0.4, 0.5) is 0 Å². The van der Waals surface area contributed by atoms with E-state index in [9.17, 15) is 4.79 Å². The molecule has 0 atom stereocenters. The summed E-state index contributed by atoms with van der Waals surface area (Å²) in [7, 11) is 0. The number of benzene rings is 1. The van der Waals surface area contributed by atoms with Gasteiger partial charge in [-0.3, -0.25) is 9.89 Å². The summed E-state index contributed by atoms with van der Waals surface area (Å²) in [6, 6.07) is 5.55. The number of nitrogens with zero attached hydrogens (tertiary/aromatic N) is 1. The first-order valence-corrected chi connectivity index (χ1v) is 4.48. The van der Waals surface area contributed by atoms with Gasteiger partial charge >= 0.3 is 0 Å². The van der Waals surface area contributed by atoms with E-state index < -0.39 is 0 Å². The van der Waals surface area contributed by atoms with E-state index in [-0.39, 0.29) is 0 Å². The molecule has 0 spiro atoms. The van der Waals surface area contributed by atoms with Crippen LogP contribution in [0.15, 0.2) is 18.2 Å². The lowest BCUT2D eigenvalue weighted by molar-refractivity contribution is 0.112. The van der Waals surface area contributed by atoms with E-state index in [1.165, 1.54) is 0 Å². The molecule has 1 N–H and O–H groups in total. The SMILES string of the molecule is O=Cc1cccc2c(I)[nH]nc12. The van der Waals surface area contributed by atoms with Crippen LogP contribution >= 0.6 is 22.6 Å². The van der Waals surface area contributed by atoms with Crippen molar-refractivity contribution in [1.82, 2.24) is 10.2 Å². The second-order valence-electron chi connectivity index (χ2n) is 2.40. The summed E-state index contributed by atoms with van der Waals surface area (Å²) in [4.78, 5) is 10.6. The van der Waals surface area contributed by atoms with Crippen LogP contribution in [0, 0.1) is 3.70 Å². The number of para-hydroxylation sites is 1. The van der Waals surface area contributed by atoms with E-state index in [1.54, 1.807) is 6.07 Å². The second-order valence-corrected chi connectivity index (χ2v) is 3.48. The van der Waals surface area contributed by atoms with Gasteiger partial charge in [-0.15, -0.1) is 0 Å². The minimum Gasteiger partial charge on any atom is -0.298 e. The Balaban J connectivity index is 2.89. The van der Waals surface area contributed by atoms with Gasteiger partial charge in [-0.1, -0.05) is 12.1 Å². The average molecular weight is 272 g/mol. The van der Waals surface area contributed by atoms with Crippen molar-refractivity contribution in [2.24, 2.45) is 0 Å². The summed E-state index contributed by atoms with van der Waals surface area (Å²) >= 11 is 2.15. The van der Waals surface area contributed by atoms with Gasteiger partial charge < -0.3 is 0 Å². The van der Waals surface area contributed by atoms with Crippen LogP contribution in [0.2, 0.25) is 0 Å². The molecule has 0 saturated heterocycles. The minimum atomic E-state index is 0.631. The molecule has 1 aromatic carbocycles. The number of aromatic nitrogens is 2. The number of H-pyrrole nitrogens is 1. The zero-order chi connectivity index (χ0) is 8.55. The van der Waals surface area contributed by atoms with Crippen molar-refractivity contribution in [3.63, 3.8) is 0 Å². The number of hydrogen-bond acceptors (Lipinski definition) is 2. The highest BCUT2D eigenvalue weighted by molar-refractivity contribution is 14.1. The predicted octanol–water partition coefficient (Wildman–Crippen LogP) is 1.98. The number of fused-ring (bicyclic) bond motifs is 1. The number of hydrogen-bond donors (Lipinski definition) is 1. The Kier molecular flexibility index (Phi) is 1.84. The van der Waals surface area contributed by atoms with Gasteiger partial charge in [0.25, 0.3) is 0 Å². The van der Waals surface area contributed by atoms with E-state index in [0.717, 1.165) is 20.9 Å². The monoisotopic (exact) mass is 272 g/mol. The summed E-state index contributed by atoms with van der Waals surface area (Å²) in [5.74, 6) is 0. The van der Waals surface area contributed by atoms with Crippen molar-refractivity contribution in [2.75, 3.05) is 0 Å². The van der Waals surface area contributed by atoms with Gasteiger partial charge in [0.15, 0.2) is 6.29 Å². The molecule has 2 aromatic rings. The molecule has 0 saturated carbocycles. The molecular formula is C8H5IN2O. The molecule has 0 aliphatic rings. The van der Waals surface area contributed by atoms with Crippen molar-refractivity contribution in [2.45, 2.75) is 0 Å². The highest BCUT2D eigenvalue weighted by Gasteiger charge is 2.05. The maximum Gasteiger partial charge on any atom is 0.152 e. The van der Waals surface area contributed by atoms with Gasteiger partial charge in [0, 0.05) is 10.9 Å². The van der Waals surface area contributed by atoms with Gasteiger partial charge in [0.1, 0.15) is 9.22 Å². The fraction of sp³-hybridized carbons (Fsp3) is 0. The van der Waals surface area contributed by atoms with E-state index in [2.05, 4.69) is 32.8 Å². The van der Waals surface area contributed by atoms with Gasteiger partial charge in [-0.05, 0) is 28.7 Å². The van der Waals surface area contributed by atoms with Gasteiger partial charge in [-0.2, -0.15) is 5.10 Å². The molecule has 4 heteroatoms. The number of aromatic amines is 1. The summed E-state index contributed by atoms with van der Waals surface area (Å²) in [6.45, 7) is 0. The van der Waals surface area contributed by atoms with Gasteiger partial charge in [0.05, 0.1) is 0 Å². The first kappa shape index (κ1) is 7.72. The summed E-state index contributed by atoms with van der Waals surface area (Å²) in [6.07, 6.45) is 0.819. The van der Waals surface area contributed by atoms with Gasteiger partial charge in [-0.25, -0.2) is 0 Å². The molecule has 60 valence electrons. The Bertz CT molecular complexity index is 436. The standard InChI is InChI=1S/C8H5IN2O/c9-8-6-3-1-2-5(4-12)7(6)10-11-8/h1-4H,(H,10,11). The van der Waals surface area contributed by atoms with Crippen LogP contribution in [-0.4, -0.2) is 16.5 Å². The Labute approximate surface area is 82.3 Å². The molecule has 0 amide bonds. The van der Waals surface area contributed by atoms with Crippen molar-refractivity contribution >= 4 is 39.8 Å². The largest absolute Gasteiger partial charge is 0.298 e. The molecule has 0 fully saturated rings. The van der Waals surface area contributed by atoms with E-state index in [4.69, 9.17) is 0 Å². The first-order chi connectivity index (χ1) is 5.83. The fourth-order valence-corrected chi connectivity index (χ4v) is 1.68. The van der Waals surface area contributed by atoms with Crippen molar-refractivity contribution in [3.05, 3.63) is 27.5 Å². The highest BCUT2D eigenvalue weighted by atomic mass is 127. The maximum absolute atomic E-state index is 10.6. The van der Waals surface area contributed by atoms with E-state index in [0.29, 0.717) is 5.56 Å². The third kappa shape index (κ3) is 1.03. The third-order valence-electron chi connectivity index (χ3n) is 1.70. The number of carbonyl (C=O) groups is 1. The normalized spacial score (nSPS) is 10.4. The van der Waals surface area contributed by atoms with Crippen LogP contribution in [0.25, 0.3) is 10.9 Å². The first-order valence-electron chi connectivity index (χ1n) is 3.40. The molecular weight excluding hydrogens is 267 g/mol. The average Bonchev–Trinajstić information content (AvgIpc) is 2.48. The van der Waals surface area contributed by atoms with Gasteiger partial charge in [0.2, 0.25) is 0 Å². The number of halogens is 1. The minimum absolute atomic E-state index is 0.631. The highest BCUT2D eigenvalue weighted by Crippen LogP contribution is 2.19. The van der Waals surface area contributed by atoms with Crippen LogP contribution < -0.4 is 0 Å². The Morgan fingerprint density at radius 2 is 2.33 bits per heavy atom. The smallest absolute Gasteiger partial charge is 0.152 e. The lowest BCUT2D eigenvalue weighted by Gasteiger charge is -1.90. The van der Waals surface area contributed by atoms with E-state index >= 15 is 0 Å². The van der Waals surface area contributed by atoms with Crippen molar-refractivity contribution in [3.8, 4) is 0 Å². The lowest BCUT2D eigenvalue weighted by atomic mass is 10.2. The second kappa shape index (κ2) is 2.85. The Morgan fingerprint density at radius 3 is 3.08 bits per heavy atom. The zero-order valence-corrected chi connectivity index (χ0v) is 8.20. The van der Waals surface area contributed by atoms with E-state index in [1.807, 2.05) is 12.1 Å². The summed E-state index contributed by atoms with van der Waals surface area (Å²) in [5, 5.41) is 7.85. The molecule has 1 aromatic heterocycles. The zero-order valence-electron chi connectivity index (χ0n) is 6.04. The van der Waals surface area contributed by atoms with Crippen LogP contribution in [0.1, 0.15) is 10.4 Å². The van der Waals surface area contributed by atoms with Crippen molar-refractivity contribution in [1.29, 1.82) is 0 Å². The number of aldehydes is 1. The van der Waals surface area contributed by atoms with Crippen molar-refractivity contribution < 1.29 is 4.79 Å². The van der Waals surface area contributed by atoms with Crippen LogP contribution in [0.5, 0.6) is 0 Å². The fourth-order valence-electron chi connectivity index (χ4n) is 1.12. The summed E-state index contributed by atoms with van der Waals surface area (Å²) < 4.78 is 0.964. The molecule has 0 radical (unpaired) electrons. The topological polar surface area (TPSA) is 45.8 Å². The maximum atomic E-state index is 10.6. The quantitative estimate of drug-likeness (QED) is 0.637. The molecule has 12 heavy (non-hydrogen) atoms. The van der Waals surface area contributed by atoms with Crippen LogP contribution in [0.3, 0.4) is 0 Å². The number of nitrogens with one attached hydrogen (secondary N) is 1. The molecule has 2 rings (SSSR count). The third-order valence-corrected chi connectivity index (χ3v) is 2.52. The molecule has 0 bridgehead atoms. The lowest BCUT2D eigenvalue weighted by Crippen LogP contribution is -1.80. The molecule has 0 unspecified atom stereocenters. The molecule has 3 nitrogen and oxygen atoms in total. The Hall–Kier alpha value is -0.910. The predicted molar refractivity (Wildman–Crippen MR) is 54.2 cm³/mol. The molecule has 0 aliphatic heterocycles. The van der Waals surface area contributed by atoms with Crippen LogP contribution in [-0.2, 0) is 0 Å². The number of rotatable bonds is 1. The molecule has 0 aliphatic carbocycles. The summed E-state index contributed by atoms with van der Waals surface area (Å²) in [5.41, 5.74) is 1.38.